The van der Waals surface area contributed by atoms with Crippen LogP contribution in [-0.4, -0.2) is 24.3 Å². The van der Waals surface area contributed by atoms with Gasteiger partial charge in [0.25, 0.3) is 0 Å². The molecule has 1 aliphatic carbocycles. The molecule has 1 aromatic rings. The smallest absolute Gasteiger partial charge is 0.332 e. The topological polar surface area (TPSA) is 35.5 Å². The molecule has 0 atom stereocenters. The van der Waals surface area contributed by atoms with Gasteiger partial charge in [0.05, 0.1) is 6.10 Å². The van der Waals surface area contributed by atoms with Crippen LogP contribution in [0.4, 0.5) is 0 Å². The number of esters is 1. The highest BCUT2D eigenvalue weighted by Crippen LogP contribution is 2.38. The second kappa shape index (κ2) is 6.27. The Morgan fingerprint density at radius 1 is 1.25 bits per heavy atom. The molecule has 0 radical (unpaired) electrons. The van der Waals surface area contributed by atoms with Gasteiger partial charge in [0.2, 0.25) is 0 Å². The molecule has 1 saturated carbocycles. The van der Waals surface area contributed by atoms with E-state index >= 15 is 0 Å². The summed E-state index contributed by atoms with van der Waals surface area (Å²) >= 11 is 3.43. The normalized spacial score (nSPS) is 22.2. The van der Waals surface area contributed by atoms with Crippen LogP contribution in [0.5, 0.6) is 0 Å². The third-order valence-electron chi connectivity index (χ3n) is 3.29. The third kappa shape index (κ3) is 4.60. The Labute approximate surface area is 128 Å². The van der Waals surface area contributed by atoms with Gasteiger partial charge in [-0.2, -0.15) is 0 Å². The monoisotopic (exact) mass is 340 g/mol. The molecule has 4 heteroatoms. The molecule has 0 heterocycles. The van der Waals surface area contributed by atoms with Gasteiger partial charge in [-0.1, -0.05) is 28.1 Å². The van der Waals surface area contributed by atoms with Crippen molar-refractivity contribution in [1.82, 2.24) is 0 Å². The zero-order chi connectivity index (χ0) is 14.8. The molecule has 2 rings (SSSR count). The van der Waals surface area contributed by atoms with Crippen LogP contribution in [-0.2, 0) is 14.3 Å². The summed E-state index contributed by atoms with van der Waals surface area (Å²) in [5.74, 6) is 0.260. The van der Waals surface area contributed by atoms with Gasteiger partial charge in [0.15, 0.2) is 0 Å². The fourth-order valence-electron chi connectivity index (χ4n) is 2.27. The minimum absolute atomic E-state index is 0.0506. The molecule has 0 aromatic heterocycles. The van der Waals surface area contributed by atoms with E-state index in [0.717, 1.165) is 17.3 Å². The minimum Gasteiger partial charge on any atom is -0.458 e. The second-order valence-electron chi connectivity index (χ2n) is 6.24. The summed E-state index contributed by atoms with van der Waals surface area (Å²) in [4.78, 5) is 11.5. The standard InChI is InChI=1S/C16H21BrO3/c1-16(2,3)20-15(18)10-19-14-8-12(9-14)11-4-6-13(17)7-5-11/h4-7,12,14H,8-10H2,1-3H3. The Morgan fingerprint density at radius 2 is 1.85 bits per heavy atom. The molecule has 1 fully saturated rings. The van der Waals surface area contributed by atoms with Crippen molar-refractivity contribution < 1.29 is 14.3 Å². The van der Waals surface area contributed by atoms with Crippen LogP contribution >= 0.6 is 15.9 Å². The van der Waals surface area contributed by atoms with Crippen molar-refractivity contribution in [3.05, 3.63) is 34.3 Å². The predicted molar refractivity (Wildman–Crippen MR) is 81.7 cm³/mol. The van der Waals surface area contributed by atoms with Crippen LogP contribution < -0.4 is 0 Å². The Hall–Kier alpha value is -0.870. The van der Waals surface area contributed by atoms with Crippen LogP contribution in [0.1, 0.15) is 45.1 Å². The van der Waals surface area contributed by atoms with E-state index in [4.69, 9.17) is 9.47 Å². The van der Waals surface area contributed by atoms with Crippen LogP contribution in [0.25, 0.3) is 0 Å². The second-order valence-corrected chi connectivity index (χ2v) is 7.16. The van der Waals surface area contributed by atoms with Gasteiger partial charge in [0, 0.05) is 4.47 Å². The van der Waals surface area contributed by atoms with Gasteiger partial charge in [-0.3, -0.25) is 0 Å². The number of carbonyl (C=O) groups excluding carboxylic acids is 1. The van der Waals surface area contributed by atoms with Gasteiger partial charge >= 0.3 is 5.97 Å². The van der Waals surface area contributed by atoms with Crippen molar-refractivity contribution in [2.45, 2.75) is 51.2 Å². The maximum atomic E-state index is 11.5. The molecule has 1 aromatic carbocycles. The average molecular weight is 341 g/mol. The lowest BCUT2D eigenvalue weighted by Gasteiger charge is -2.35. The summed E-state index contributed by atoms with van der Waals surface area (Å²) in [6.45, 7) is 5.63. The lowest BCUT2D eigenvalue weighted by molar-refractivity contribution is -0.164. The molecule has 0 bridgehead atoms. The summed E-state index contributed by atoms with van der Waals surface area (Å²) in [6.07, 6.45) is 2.13. The van der Waals surface area contributed by atoms with Crippen molar-refractivity contribution in [2.75, 3.05) is 6.61 Å². The molecular formula is C16H21BrO3. The Morgan fingerprint density at radius 3 is 2.40 bits per heavy atom. The summed E-state index contributed by atoms with van der Waals surface area (Å²) in [6, 6.07) is 8.39. The maximum absolute atomic E-state index is 11.5. The predicted octanol–water partition coefficient (Wildman–Crippen LogP) is 4.05. The highest BCUT2D eigenvalue weighted by Gasteiger charge is 2.31. The largest absolute Gasteiger partial charge is 0.458 e. The molecule has 3 nitrogen and oxygen atoms in total. The molecule has 0 spiro atoms. The van der Waals surface area contributed by atoms with Gasteiger partial charge in [-0.25, -0.2) is 4.79 Å². The van der Waals surface area contributed by atoms with E-state index in [1.54, 1.807) is 0 Å². The van der Waals surface area contributed by atoms with E-state index in [-0.39, 0.29) is 18.7 Å². The molecule has 0 unspecified atom stereocenters. The molecule has 20 heavy (non-hydrogen) atoms. The van der Waals surface area contributed by atoms with Crippen LogP contribution in [0.15, 0.2) is 28.7 Å². The summed E-state index contributed by atoms with van der Waals surface area (Å²) in [7, 11) is 0. The van der Waals surface area contributed by atoms with Crippen molar-refractivity contribution in [1.29, 1.82) is 0 Å². The van der Waals surface area contributed by atoms with Crippen molar-refractivity contribution in [3.63, 3.8) is 0 Å². The molecule has 110 valence electrons. The first-order chi connectivity index (χ1) is 9.33. The molecule has 0 amide bonds. The zero-order valence-electron chi connectivity index (χ0n) is 12.2. The zero-order valence-corrected chi connectivity index (χ0v) is 13.8. The average Bonchev–Trinajstić information content (AvgIpc) is 2.27. The lowest BCUT2D eigenvalue weighted by atomic mass is 9.77. The first-order valence-corrected chi connectivity index (χ1v) is 7.72. The number of halogens is 1. The number of ether oxygens (including phenoxy) is 2. The quantitative estimate of drug-likeness (QED) is 0.775. The van der Waals surface area contributed by atoms with E-state index < -0.39 is 5.60 Å². The summed E-state index contributed by atoms with van der Waals surface area (Å²) in [5.41, 5.74) is 0.894. The highest BCUT2D eigenvalue weighted by molar-refractivity contribution is 9.10. The highest BCUT2D eigenvalue weighted by atomic mass is 79.9. The molecule has 1 aliphatic rings. The van der Waals surface area contributed by atoms with Gasteiger partial charge in [-0.15, -0.1) is 0 Å². The minimum atomic E-state index is -0.444. The molecular weight excluding hydrogens is 320 g/mol. The summed E-state index contributed by atoms with van der Waals surface area (Å²) < 4.78 is 11.9. The Kier molecular flexibility index (Phi) is 4.86. The first-order valence-electron chi connectivity index (χ1n) is 6.92. The van der Waals surface area contributed by atoms with Crippen molar-refractivity contribution in [3.8, 4) is 0 Å². The fraction of sp³-hybridized carbons (Fsp3) is 0.562. The SMILES string of the molecule is CC(C)(C)OC(=O)COC1CC(c2ccc(Br)cc2)C1. The first kappa shape index (κ1) is 15.5. The summed E-state index contributed by atoms with van der Waals surface area (Å²) in [5, 5.41) is 0. The molecule has 0 aliphatic heterocycles. The Bertz CT molecular complexity index is 456. The van der Waals surface area contributed by atoms with Gasteiger partial charge < -0.3 is 9.47 Å². The lowest BCUT2D eigenvalue weighted by Crippen LogP contribution is -2.33. The number of hydrogen-bond acceptors (Lipinski definition) is 3. The maximum Gasteiger partial charge on any atom is 0.332 e. The van der Waals surface area contributed by atoms with E-state index in [9.17, 15) is 4.79 Å². The molecule has 0 saturated heterocycles. The van der Waals surface area contributed by atoms with E-state index in [1.807, 2.05) is 20.8 Å². The van der Waals surface area contributed by atoms with Crippen LogP contribution in [0.3, 0.4) is 0 Å². The van der Waals surface area contributed by atoms with Crippen molar-refractivity contribution >= 4 is 21.9 Å². The molecule has 0 N–H and O–H groups in total. The number of carbonyl (C=O) groups is 1. The number of benzene rings is 1. The Balaban J connectivity index is 1.69. The van der Waals surface area contributed by atoms with E-state index in [1.165, 1.54) is 5.56 Å². The third-order valence-corrected chi connectivity index (χ3v) is 3.82. The number of rotatable bonds is 4. The van der Waals surface area contributed by atoms with Crippen LogP contribution in [0.2, 0.25) is 0 Å². The fourth-order valence-corrected chi connectivity index (χ4v) is 2.53. The van der Waals surface area contributed by atoms with Gasteiger partial charge in [0.1, 0.15) is 12.2 Å². The van der Waals surface area contributed by atoms with Crippen molar-refractivity contribution in [2.24, 2.45) is 0 Å². The number of hydrogen-bond donors (Lipinski definition) is 0. The van der Waals surface area contributed by atoms with Crippen LogP contribution in [0, 0.1) is 0 Å². The van der Waals surface area contributed by atoms with Gasteiger partial charge in [-0.05, 0) is 57.2 Å². The van der Waals surface area contributed by atoms with E-state index in [2.05, 4.69) is 40.2 Å². The van der Waals surface area contributed by atoms with E-state index in [0.29, 0.717) is 5.92 Å².